The van der Waals surface area contributed by atoms with Crippen LogP contribution in [0, 0.1) is 10.1 Å². The van der Waals surface area contributed by atoms with Gasteiger partial charge in [-0.2, -0.15) is 0 Å². The molecule has 1 aromatic heterocycles. The highest BCUT2D eigenvalue weighted by molar-refractivity contribution is 5.91. The molecular weight excluding hydrogens is 356 g/mol. The van der Waals surface area contributed by atoms with Crippen LogP contribution in [0.4, 0.5) is 16.4 Å². The van der Waals surface area contributed by atoms with E-state index < -0.39 is 22.8 Å². The third-order valence-corrected chi connectivity index (χ3v) is 4.30. The van der Waals surface area contributed by atoms with Crippen LogP contribution in [-0.2, 0) is 6.54 Å². The van der Waals surface area contributed by atoms with Crippen LogP contribution in [0.3, 0.4) is 0 Å². The SMILES string of the molecule is O=C(NCc1ccc(N2CCN(C(=O)O)CC2)cc1)c1ccc([N+](=O)[O-])o1. The first-order valence-electron chi connectivity index (χ1n) is 8.28. The Morgan fingerprint density at radius 3 is 2.33 bits per heavy atom. The monoisotopic (exact) mass is 374 g/mol. The van der Waals surface area contributed by atoms with E-state index in [1.54, 1.807) is 0 Å². The molecule has 0 saturated carbocycles. The molecule has 27 heavy (non-hydrogen) atoms. The molecule has 0 aliphatic carbocycles. The van der Waals surface area contributed by atoms with Gasteiger partial charge in [0.05, 0.1) is 6.07 Å². The molecule has 1 fully saturated rings. The number of piperazine rings is 1. The van der Waals surface area contributed by atoms with Crippen molar-refractivity contribution in [3.63, 3.8) is 0 Å². The van der Waals surface area contributed by atoms with Crippen molar-refractivity contribution in [2.75, 3.05) is 31.1 Å². The average Bonchev–Trinajstić information content (AvgIpc) is 3.17. The molecule has 1 saturated heterocycles. The maximum Gasteiger partial charge on any atom is 0.433 e. The number of nitrogens with one attached hydrogen (secondary N) is 1. The van der Waals surface area contributed by atoms with Gasteiger partial charge in [0.1, 0.15) is 4.92 Å². The fraction of sp³-hybridized carbons (Fsp3) is 0.294. The maximum atomic E-state index is 12.0. The molecule has 0 unspecified atom stereocenters. The van der Waals surface area contributed by atoms with Gasteiger partial charge < -0.3 is 24.6 Å². The Labute approximate surface area is 154 Å². The van der Waals surface area contributed by atoms with Crippen molar-refractivity contribution in [1.29, 1.82) is 0 Å². The van der Waals surface area contributed by atoms with Crippen LogP contribution < -0.4 is 10.2 Å². The minimum absolute atomic E-state index is 0.116. The van der Waals surface area contributed by atoms with Gasteiger partial charge in [-0.3, -0.25) is 14.9 Å². The molecule has 2 heterocycles. The zero-order valence-electron chi connectivity index (χ0n) is 14.3. The minimum Gasteiger partial charge on any atom is -0.465 e. The molecule has 0 radical (unpaired) electrons. The molecular formula is C17H18N4O6. The first kappa shape index (κ1) is 18.2. The summed E-state index contributed by atoms with van der Waals surface area (Å²) in [5.74, 6) is -1.13. The predicted octanol–water partition coefficient (Wildman–Crippen LogP) is 1.92. The minimum atomic E-state index is -0.900. The summed E-state index contributed by atoms with van der Waals surface area (Å²) in [6.45, 7) is 2.42. The standard InChI is InChI=1S/C17H18N4O6/c22-16(14-5-6-15(27-14)21(25)26)18-11-12-1-3-13(4-2-12)19-7-9-20(10-8-19)17(23)24/h1-6H,7-11H2,(H,18,22)(H,23,24). The van der Waals surface area contributed by atoms with Gasteiger partial charge in [-0.15, -0.1) is 0 Å². The lowest BCUT2D eigenvalue weighted by Gasteiger charge is -2.34. The van der Waals surface area contributed by atoms with Crippen molar-refractivity contribution in [3.8, 4) is 0 Å². The van der Waals surface area contributed by atoms with Gasteiger partial charge in [0.15, 0.2) is 5.76 Å². The second kappa shape index (κ2) is 7.77. The van der Waals surface area contributed by atoms with Gasteiger partial charge >= 0.3 is 12.0 Å². The molecule has 1 aromatic carbocycles. The first-order chi connectivity index (χ1) is 12.9. The molecule has 0 atom stereocenters. The molecule has 1 aliphatic heterocycles. The summed E-state index contributed by atoms with van der Waals surface area (Å²) in [7, 11) is 0. The summed E-state index contributed by atoms with van der Waals surface area (Å²) in [4.78, 5) is 36.3. The molecule has 3 rings (SSSR count). The Kier molecular flexibility index (Phi) is 5.25. The number of nitro groups is 1. The molecule has 0 spiro atoms. The molecule has 10 heteroatoms. The van der Waals surface area contributed by atoms with Crippen LogP contribution >= 0.6 is 0 Å². The van der Waals surface area contributed by atoms with Crippen molar-refractivity contribution in [1.82, 2.24) is 10.2 Å². The summed E-state index contributed by atoms with van der Waals surface area (Å²) in [5.41, 5.74) is 1.84. The highest BCUT2D eigenvalue weighted by Gasteiger charge is 2.20. The predicted molar refractivity (Wildman–Crippen MR) is 94.8 cm³/mol. The van der Waals surface area contributed by atoms with Crippen molar-refractivity contribution in [2.24, 2.45) is 0 Å². The molecule has 10 nitrogen and oxygen atoms in total. The number of rotatable bonds is 5. The third-order valence-electron chi connectivity index (χ3n) is 4.30. The fourth-order valence-corrected chi connectivity index (χ4v) is 2.80. The highest BCUT2D eigenvalue weighted by Crippen LogP contribution is 2.18. The number of hydrogen-bond donors (Lipinski definition) is 2. The fourth-order valence-electron chi connectivity index (χ4n) is 2.80. The van der Waals surface area contributed by atoms with Crippen molar-refractivity contribution >= 4 is 23.6 Å². The Morgan fingerprint density at radius 1 is 1.11 bits per heavy atom. The Hall–Kier alpha value is -3.56. The van der Waals surface area contributed by atoms with E-state index in [0.717, 1.165) is 17.3 Å². The number of carbonyl (C=O) groups is 2. The van der Waals surface area contributed by atoms with Crippen LogP contribution in [-0.4, -0.2) is 53.1 Å². The van der Waals surface area contributed by atoms with Crippen molar-refractivity contribution in [3.05, 3.63) is 57.8 Å². The molecule has 2 amide bonds. The Morgan fingerprint density at radius 2 is 1.78 bits per heavy atom. The number of furan rings is 1. The lowest BCUT2D eigenvalue weighted by molar-refractivity contribution is -0.402. The molecule has 1 aliphatic rings. The quantitative estimate of drug-likeness (QED) is 0.604. The van der Waals surface area contributed by atoms with E-state index >= 15 is 0 Å². The van der Waals surface area contributed by atoms with E-state index in [2.05, 4.69) is 10.2 Å². The van der Waals surface area contributed by atoms with Gasteiger partial charge in [-0.1, -0.05) is 12.1 Å². The van der Waals surface area contributed by atoms with Crippen LogP contribution in [0.1, 0.15) is 16.1 Å². The third kappa shape index (κ3) is 4.35. The normalized spacial score (nSPS) is 14.1. The summed E-state index contributed by atoms with van der Waals surface area (Å²) in [5, 5.41) is 22.2. The second-order valence-electron chi connectivity index (χ2n) is 6.00. The van der Waals surface area contributed by atoms with E-state index in [9.17, 15) is 19.7 Å². The van der Waals surface area contributed by atoms with Crippen molar-refractivity contribution in [2.45, 2.75) is 6.54 Å². The number of carbonyl (C=O) groups excluding carboxylic acids is 1. The van der Waals surface area contributed by atoms with Crippen LogP contribution in [0.25, 0.3) is 0 Å². The van der Waals surface area contributed by atoms with Crippen molar-refractivity contribution < 1.29 is 24.0 Å². The summed E-state index contributed by atoms with van der Waals surface area (Å²) >= 11 is 0. The second-order valence-corrected chi connectivity index (χ2v) is 6.00. The average molecular weight is 374 g/mol. The number of amides is 2. The zero-order chi connectivity index (χ0) is 19.4. The lowest BCUT2D eigenvalue weighted by Crippen LogP contribution is -2.48. The first-order valence-corrected chi connectivity index (χ1v) is 8.28. The van der Waals surface area contributed by atoms with E-state index in [4.69, 9.17) is 9.52 Å². The van der Waals surface area contributed by atoms with Gasteiger partial charge in [0, 0.05) is 38.4 Å². The smallest absolute Gasteiger partial charge is 0.433 e. The van der Waals surface area contributed by atoms with Gasteiger partial charge in [0.25, 0.3) is 5.91 Å². The number of carboxylic acid groups (broad SMARTS) is 1. The maximum absolute atomic E-state index is 12.0. The zero-order valence-corrected chi connectivity index (χ0v) is 14.3. The van der Waals surface area contributed by atoms with Gasteiger partial charge in [-0.25, -0.2) is 4.79 Å². The summed E-state index contributed by atoms with van der Waals surface area (Å²) < 4.78 is 4.86. The molecule has 0 bridgehead atoms. The lowest BCUT2D eigenvalue weighted by atomic mass is 10.1. The van der Waals surface area contributed by atoms with Crippen LogP contribution in [0.2, 0.25) is 0 Å². The largest absolute Gasteiger partial charge is 0.465 e. The Balaban J connectivity index is 1.52. The summed E-state index contributed by atoms with van der Waals surface area (Å²) in [6, 6.07) is 9.94. The molecule has 2 aromatic rings. The van der Waals surface area contributed by atoms with E-state index in [0.29, 0.717) is 26.2 Å². The van der Waals surface area contributed by atoms with E-state index in [-0.39, 0.29) is 12.3 Å². The van der Waals surface area contributed by atoms with E-state index in [1.165, 1.54) is 11.0 Å². The summed E-state index contributed by atoms with van der Waals surface area (Å²) in [6.07, 6.45) is -0.900. The van der Waals surface area contributed by atoms with Crippen LogP contribution in [0.5, 0.6) is 0 Å². The number of benzene rings is 1. The van der Waals surface area contributed by atoms with Gasteiger partial charge in [0.2, 0.25) is 0 Å². The Bertz CT molecular complexity index is 839. The van der Waals surface area contributed by atoms with Gasteiger partial charge in [-0.05, 0) is 23.8 Å². The highest BCUT2D eigenvalue weighted by atomic mass is 16.6. The topological polar surface area (TPSA) is 129 Å². The number of hydrogen-bond acceptors (Lipinski definition) is 6. The number of nitrogens with zero attached hydrogens (tertiary/aromatic N) is 3. The molecule has 2 N–H and O–H groups in total. The number of anilines is 1. The van der Waals surface area contributed by atoms with E-state index in [1.807, 2.05) is 24.3 Å². The molecule has 142 valence electrons. The van der Waals surface area contributed by atoms with Crippen LogP contribution in [0.15, 0.2) is 40.8 Å².